The second-order valence-electron chi connectivity index (χ2n) is 5.88. The molecule has 0 aromatic carbocycles. The van der Waals surface area contributed by atoms with Crippen LogP contribution in [0, 0.1) is 0 Å². The Morgan fingerprint density at radius 2 is 2.04 bits per heavy atom. The molecule has 1 aromatic heterocycles. The van der Waals surface area contributed by atoms with Crippen LogP contribution in [0.25, 0.3) is 0 Å². The van der Waals surface area contributed by atoms with Gasteiger partial charge in [-0.05, 0) is 32.4 Å². The lowest BCUT2D eigenvalue weighted by Gasteiger charge is -2.30. The number of hydrogen-bond donors (Lipinski definition) is 2. The quantitative estimate of drug-likeness (QED) is 0.808. The Kier molecular flexibility index (Phi) is 6.92. The van der Waals surface area contributed by atoms with E-state index in [0.29, 0.717) is 6.54 Å². The first-order valence-electron chi connectivity index (χ1n) is 7.96. The third-order valence-electron chi connectivity index (χ3n) is 3.89. The SMILES string of the molecule is O=C(CN(Cc1cncnc1)C1CCCNCC1)NCC(F)(F)F. The summed E-state index contributed by atoms with van der Waals surface area (Å²) >= 11 is 0. The van der Waals surface area contributed by atoms with Crippen molar-refractivity contribution in [3.63, 3.8) is 0 Å². The normalized spacial score (nSPS) is 19.1. The van der Waals surface area contributed by atoms with Gasteiger partial charge in [0.25, 0.3) is 0 Å². The lowest BCUT2D eigenvalue weighted by molar-refractivity contribution is -0.139. The Morgan fingerprint density at radius 1 is 1.29 bits per heavy atom. The van der Waals surface area contributed by atoms with Crippen molar-refractivity contribution in [2.24, 2.45) is 0 Å². The van der Waals surface area contributed by atoms with Crippen molar-refractivity contribution in [3.8, 4) is 0 Å². The van der Waals surface area contributed by atoms with Crippen LogP contribution in [0.4, 0.5) is 13.2 Å². The van der Waals surface area contributed by atoms with Crippen molar-refractivity contribution in [1.82, 2.24) is 25.5 Å². The number of halogens is 3. The van der Waals surface area contributed by atoms with Crippen molar-refractivity contribution in [1.29, 1.82) is 0 Å². The van der Waals surface area contributed by atoms with Crippen LogP contribution in [-0.2, 0) is 11.3 Å². The molecule has 9 heteroatoms. The number of carbonyl (C=O) groups is 1. The van der Waals surface area contributed by atoms with Crippen LogP contribution in [0.3, 0.4) is 0 Å². The van der Waals surface area contributed by atoms with Gasteiger partial charge in [-0.25, -0.2) is 9.97 Å². The molecule has 0 saturated carbocycles. The van der Waals surface area contributed by atoms with Crippen LogP contribution in [0.1, 0.15) is 24.8 Å². The number of nitrogens with zero attached hydrogens (tertiary/aromatic N) is 3. The van der Waals surface area contributed by atoms with Gasteiger partial charge in [0, 0.05) is 30.5 Å². The van der Waals surface area contributed by atoms with Gasteiger partial charge in [-0.3, -0.25) is 9.69 Å². The summed E-state index contributed by atoms with van der Waals surface area (Å²) in [5.41, 5.74) is 0.832. The molecule has 1 aliphatic rings. The lowest BCUT2D eigenvalue weighted by atomic mass is 10.1. The number of amides is 1. The molecule has 0 radical (unpaired) electrons. The van der Waals surface area contributed by atoms with E-state index in [4.69, 9.17) is 0 Å². The molecule has 1 aromatic rings. The summed E-state index contributed by atoms with van der Waals surface area (Å²) in [6.45, 7) is 0.802. The highest BCUT2D eigenvalue weighted by atomic mass is 19.4. The molecular formula is C15H22F3N5O. The first-order valence-corrected chi connectivity index (χ1v) is 7.96. The molecule has 0 bridgehead atoms. The molecule has 2 heterocycles. The van der Waals surface area contributed by atoms with Crippen LogP contribution in [0.15, 0.2) is 18.7 Å². The largest absolute Gasteiger partial charge is 0.405 e. The van der Waals surface area contributed by atoms with Gasteiger partial charge in [-0.2, -0.15) is 13.2 Å². The Hall–Kier alpha value is -1.74. The summed E-state index contributed by atoms with van der Waals surface area (Å²) < 4.78 is 36.8. The van der Waals surface area contributed by atoms with Gasteiger partial charge in [-0.15, -0.1) is 0 Å². The van der Waals surface area contributed by atoms with E-state index in [2.05, 4.69) is 15.3 Å². The fourth-order valence-corrected chi connectivity index (χ4v) is 2.77. The smallest absolute Gasteiger partial charge is 0.346 e. The topological polar surface area (TPSA) is 70.2 Å². The Bertz CT molecular complexity index is 504. The standard InChI is InChI=1S/C15H22F3N5O/c16-15(17,18)10-22-14(24)9-23(8-12-6-20-11-21-7-12)13-2-1-4-19-5-3-13/h6-7,11,13,19H,1-5,8-10H2,(H,22,24). The average molecular weight is 345 g/mol. The minimum Gasteiger partial charge on any atom is -0.346 e. The minimum atomic E-state index is -4.40. The lowest BCUT2D eigenvalue weighted by Crippen LogP contribution is -2.45. The van der Waals surface area contributed by atoms with Gasteiger partial charge < -0.3 is 10.6 Å². The average Bonchev–Trinajstić information content (AvgIpc) is 2.82. The summed E-state index contributed by atoms with van der Waals surface area (Å²) in [6, 6.07) is 0.136. The van der Waals surface area contributed by atoms with Crippen molar-refractivity contribution in [2.45, 2.75) is 38.0 Å². The van der Waals surface area contributed by atoms with E-state index in [1.165, 1.54) is 6.33 Å². The fraction of sp³-hybridized carbons (Fsp3) is 0.667. The van der Waals surface area contributed by atoms with E-state index in [1.54, 1.807) is 12.4 Å². The Balaban J connectivity index is 1.99. The molecule has 6 nitrogen and oxygen atoms in total. The third kappa shape index (κ3) is 6.79. The van der Waals surface area contributed by atoms with E-state index in [1.807, 2.05) is 10.2 Å². The van der Waals surface area contributed by atoms with Gasteiger partial charge in [0.05, 0.1) is 6.54 Å². The molecule has 1 amide bonds. The third-order valence-corrected chi connectivity index (χ3v) is 3.89. The highest BCUT2D eigenvalue weighted by Gasteiger charge is 2.29. The van der Waals surface area contributed by atoms with Crippen molar-refractivity contribution in [2.75, 3.05) is 26.2 Å². The van der Waals surface area contributed by atoms with E-state index in [0.717, 1.165) is 37.9 Å². The molecule has 0 aliphatic carbocycles. The Labute approximate surface area is 138 Å². The summed E-state index contributed by atoms with van der Waals surface area (Å²) in [4.78, 5) is 21.7. The molecule has 1 atom stereocenters. The van der Waals surface area contributed by atoms with Gasteiger partial charge in [0.2, 0.25) is 5.91 Å². The van der Waals surface area contributed by atoms with Gasteiger partial charge in [0.15, 0.2) is 0 Å². The molecule has 24 heavy (non-hydrogen) atoms. The zero-order chi connectivity index (χ0) is 17.4. The molecule has 1 saturated heterocycles. The first kappa shape index (κ1) is 18.6. The van der Waals surface area contributed by atoms with Gasteiger partial charge in [0.1, 0.15) is 12.9 Å². The van der Waals surface area contributed by atoms with E-state index in [-0.39, 0.29) is 12.6 Å². The number of carbonyl (C=O) groups excluding carboxylic acids is 1. The second kappa shape index (κ2) is 8.93. The van der Waals surface area contributed by atoms with Crippen LogP contribution in [0.5, 0.6) is 0 Å². The fourth-order valence-electron chi connectivity index (χ4n) is 2.77. The number of nitrogens with one attached hydrogen (secondary N) is 2. The van der Waals surface area contributed by atoms with Crippen molar-refractivity contribution >= 4 is 5.91 Å². The Morgan fingerprint density at radius 3 is 2.75 bits per heavy atom. The molecule has 2 N–H and O–H groups in total. The summed E-state index contributed by atoms with van der Waals surface area (Å²) in [5.74, 6) is -0.624. The van der Waals surface area contributed by atoms with E-state index in [9.17, 15) is 18.0 Å². The zero-order valence-electron chi connectivity index (χ0n) is 13.4. The molecule has 1 aliphatic heterocycles. The van der Waals surface area contributed by atoms with Crippen LogP contribution < -0.4 is 10.6 Å². The summed E-state index contributed by atoms with van der Waals surface area (Å²) in [7, 11) is 0. The van der Waals surface area contributed by atoms with Crippen LogP contribution >= 0.6 is 0 Å². The van der Waals surface area contributed by atoms with Crippen molar-refractivity contribution < 1.29 is 18.0 Å². The van der Waals surface area contributed by atoms with E-state index < -0.39 is 18.6 Å². The number of alkyl halides is 3. The summed E-state index contributed by atoms with van der Waals surface area (Å²) in [5, 5.41) is 5.23. The number of rotatable bonds is 6. The highest BCUT2D eigenvalue weighted by molar-refractivity contribution is 5.78. The molecular weight excluding hydrogens is 323 g/mol. The first-order chi connectivity index (χ1) is 11.4. The maximum Gasteiger partial charge on any atom is 0.405 e. The zero-order valence-corrected chi connectivity index (χ0v) is 13.4. The highest BCUT2D eigenvalue weighted by Crippen LogP contribution is 2.16. The summed E-state index contributed by atoms with van der Waals surface area (Å²) in [6.07, 6.45) is 3.04. The molecule has 134 valence electrons. The molecule has 1 unspecified atom stereocenters. The minimum absolute atomic E-state index is 0.0738. The number of hydrogen-bond acceptors (Lipinski definition) is 5. The van der Waals surface area contributed by atoms with Crippen LogP contribution in [-0.4, -0.2) is 59.2 Å². The van der Waals surface area contributed by atoms with Crippen LogP contribution in [0.2, 0.25) is 0 Å². The van der Waals surface area contributed by atoms with E-state index >= 15 is 0 Å². The molecule has 0 spiro atoms. The van der Waals surface area contributed by atoms with Gasteiger partial charge in [-0.1, -0.05) is 0 Å². The predicted octanol–water partition coefficient (Wildman–Crippen LogP) is 1.10. The second-order valence-corrected chi connectivity index (χ2v) is 5.88. The predicted molar refractivity (Wildman–Crippen MR) is 82.0 cm³/mol. The maximum absolute atomic E-state index is 12.3. The molecule has 2 rings (SSSR count). The maximum atomic E-state index is 12.3. The molecule has 1 fully saturated rings. The van der Waals surface area contributed by atoms with Crippen molar-refractivity contribution in [3.05, 3.63) is 24.3 Å². The monoisotopic (exact) mass is 345 g/mol. The van der Waals surface area contributed by atoms with Gasteiger partial charge >= 0.3 is 6.18 Å². The number of aromatic nitrogens is 2.